The van der Waals surface area contributed by atoms with Gasteiger partial charge in [0.15, 0.2) is 0 Å². The summed E-state index contributed by atoms with van der Waals surface area (Å²) in [5.41, 5.74) is 2.81. The molecule has 1 unspecified atom stereocenters. The number of benzene rings is 1. The maximum atomic E-state index is 13.3. The monoisotopic (exact) mass is 525 g/mol. The van der Waals surface area contributed by atoms with Crippen molar-refractivity contribution in [3.8, 4) is 11.5 Å². The molecule has 0 aromatic heterocycles. The second-order valence-corrected chi connectivity index (χ2v) is 11.6. The van der Waals surface area contributed by atoms with Crippen molar-refractivity contribution >= 4 is 12.0 Å². The molecule has 0 spiro atoms. The maximum Gasteiger partial charge on any atom is 0.255 e. The van der Waals surface area contributed by atoms with Gasteiger partial charge in [0.25, 0.3) is 5.91 Å². The van der Waals surface area contributed by atoms with Crippen LogP contribution in [0.5, 0.6) is 11.5 Å². The molecule has 1 aromatic carbocycles. The molecule has 4 heteroatoms. The summed E-state index contributed by atoms with van der Waals surface area (Å²) in [7, 11) is 0. The number of carbonyl (C=O) groups is 1. The van der Waals surface area contributed by atoms with Crippen LogP contribution >= 0.6 is 0 Å². The number of fused-ring (bicyclic) bond motifs is 1. The number of amides is 1. The van der Waals surface area contributed by atoms with E-state index in [4.69, 9.17) is 4.74 Å². The van der Waals surface area contributed by atoms with Gasteiger partial charge >= 0.3 is 0 Å². The van der Waals surface area contributed by atoms with E-state index in [0.717, 1.165) is 56.9 Å². The summed E-state index contributed by atoms with van der Waals surface area (Å²) >= 11 is 0. The maximum absolute atomic E-state index is 13.3. The summed E-state index contributed by atoms with van der Waals surface area (Å²) in [5.74, 6) is 0.567. The lowest BCUT2D eigenvalue weighted by Gasteiger charge is -2.32. The number of allylic oxidation sites excluding steroid dienone is 2. The lowest BCUT2D eigenvalue weighted by atomic mass is 9.91. The highest BCUT2D eigenvalue weighted by Crippen LogP contribution is 2.42. The van der Waals surface area contributed by atoms with Crippen LogP contribution in [0.4, 0.5) is 0 Å². The van der Waals surface area contributed by atoms with Gasteiger partial charge < -0.3 is 15.2 Å². The first-order valence-corrected chi connectivity index (χ1v) is 15.5. The van der Waals surface area contributed by atoms with Gasteiger partial charge in [-0.3, -0.25) is 4.79 Å². The molecule has 0 fully saturated rings. The quantitative estimate of drug-likeness (QED) is 0.140. The van der Waals surface area contributed by atoms with Crippen molar-refractivity contribution in [1.29, 1.82) is 0 Å². The Kier molecular flexibility index (Phi) is 14.6. The second-order valence-electron chi connectivity index (χ2n) is 11.6. The Hall–Kier alpha value is -2.23. The number of aromatic hydroxyl groups is 1. The Morgan fingerprint density at radius 1 is 0.947 bits per heavy atom. The molecule has 1 aliphatic rings. The minimum atomic E-state index is -0.425. The highest BCUT2D eigenvalue weighted by Gasteiger charge is 2.31. The summed E-state index contributed by atoms with van der Waals surface area (Å²) in [6, 6.07) is 2.00. The topological polar surface area (TPSA) is 58.6 Å². The van der Waals surface area contributed by atoms with Gasteiger partial charge in [-0.25, -0.2) is 0 Å². The van der Waals surface area contributed by atoms with Gasteiger partial charge in [-0.15, -0.1) is 0 Å². The summed E-state index contributed by atoms with van der Waals surface area (Å²) < 4.78 is 6.43. The van der Waals surface area contributed by atoms with E-state index < -0.39 is 5.60 Å². The van der Waals surface area contributed by atoms with Crippen molar-refractivity contribution in [2.24, 2.45) is 0 Å². The normalized spacial score (nSPS) is 16.1. The SMILES string of the molecule is CCCCCCCCCCCCNC(=O)c1c(CCCCC)cc2c(c1O)C=CC(C)(CCC=C(C)C)O2. The molecule has 1 atom stereocenters. The van der Waals surface area contributed by atoms with Crippen LogP contribution in [0.15, 0.2) is 23.8 Å². The summed E-state index contributed by atoms with van der Waals surface area (Å²) in [6.45, 7) is 11.4. The van der Waals surface area contributed by atoms with Gasteiger partial charge in [0.1, 0.15) is 17.1 Å². The molecule has 2 N–H and O–H groups in total. The van der Waals surface area contributed by atoms with E-state index in [1.165, 1.54) is 56.9 Å². The molecule has 38 heavy (non-hydrogen) atoms. The fourth-order valence-corrected chi connectivity index (χ4v) is 5.20. The molecule has 1 aliphatic heterocycles. The van der Waals surface area contributed by atoms with Crippen molar-refractivity contribution < 1.29 is 14.6 Å². The van der Waals surface area contributed by atoms with E-state index in [1.54, 1.807) is 0 Å². The number of ether oxygens (including phenoxy) is 1. The Morgan fingerprint density at radius 2 is 1.55 bits per heavy atom. The number of phenols is 1. The first-order valence-electron chi connectivity index (χ1n) is 15.5. The van der Waals surface area contributed by atoms with Crippen molar-refractivity contribution in [3.05, 3.63) is 40.5 Å². The third-order valence-electron chi connectivity index (χ3n) is 7.62. The molecule has 0 saturated heterocycles. The average molecular weight is 526 g/mol. The third-order valence-corrected chi connectivity index (χ3v) is 7.62. The van der Waals surface area contributed by atoms with Crippen LogP contribution in [0, 0.1) is 0 Å². The predicted octanol–water partition coefficient (Wildman–Crippen LogP) is 9.69. The van der Waals surface area contributed by atoms with Crippen LogP contribution in [0.2, 0.25) is 0 Å². The second kappa shape index (κ2) is 17.4. The number of hydrogen-bond donors (Lipinski definition) is 2. The lowest BCUT2D eigenvalue weighted by Crippen LogP contribution is -2.32. The fraction of sp³-hybridized carbons (Fsp3) is 0.676. The largest absolute Gasteiger partial charge is 0.506 e. The van der Waals surface area contributed by atoms with E-state index in [-0.39, 0.29) is 11.7 Å². The summed E-state index contributed by atoms with van der Waals surface area (Å²) in [5, 5.41) is 14.3. The number of hydrogen-bond acceptors (Lipinski definition) is 3. The van der Waals surface area contributed by atoms with Gasteiger partial charge in [0.2, 0.25) is 0 Å². The number of nitrogens with one attached hydrogen (secondary N) is 1. The van der Waals surface area contributed by atoms with Crippen LogP contribution in [-0.2, 0) is 6.42 Å². The summed E-state index contributed by atoms with van der Waals surface area (Å²) in [4.78, 5) is 13.3. The van der Waals surface area contributed by atoms with Gasteiger partial charge in [0, 0.05) is 6.54 Å². The highest BCUT2D eigenvalue weighted by atomic mass is 16.5. The molecule has 214 valence electrons. The van der Waals surface area contributed by atoms with Crippen molar-refractivity contribution in [3.63, 3.8) is 0 Å². The first-order chi connectivity index (χ1) is 18.3. The number of aryl methyl sites for hydroxylation is 1. The molecular formula is C34H55NO3. The Balaban J connectivity index is 1.98. The Bertz CT molecular complexity index is 913. The smallest absolute Gasteiger partial charge is 0.255 e. The van der Waals surface area contributed by atoms with E-state index in [1.807, 2.05) is 18.2 Å². The molecule has 1 heterocycles. The number of unbranched alkanes of at least 4 members (excludes halogenated alkanes) is 11. The van der Waals surface area contributed by atoms with E-state index >= 15 is 0 Å². The minimum Gasteiger partial charge on any atom is -0.506 e. The molecule has 1 aromatic rings. The van der Waals surface area contributed by atoms with Crippen LogP contribution in [0.1, 0.15) is 152 Å². The first kappa shape index (κ1) is 32.0. The highest BCUT2D eigenvalue weighted by molar-refractivity contribution is 6.00. The molecular weight excluding hydrogens is 470 g/mol. The minimum absolute atomic E-state index is 0.0529. The van der Waals surface area contributed by atoms with Crippen LogP contribution in [-0.4, -0.2) is 23.2 Å². The predicted molar refractivity (Wildman–Crippen MR) is 162 cm³/mol. The third kappa shape index (κ3) is 10.9. The van der Waals surface area contributed by atoms with Crippen LogP contribution in [0.3, 0.4) is 0 Å². The van der Waals surface area contributed by atoms with E-state index in [9.17, 15) is 9.90 Å². The molecule has 1 amide bonds. The standard InChI is InChI=1S/C34H55NO3/c1-6-8-10-11-12-13-14-15-16-18-25-35-33(37)31-28(21-17-9-7-2)26-30-29(32(31)36)22-24-34(5,38-30)23-19-20-27(3)4/h20,22,24,26,36H,6-19,21,23,25H2,1-5H3,(H,35,37). The Labute approximate surface area is 233 Å². The van der Waals surface area contributed by atoms with Gasteiger partial charge in [0.05, 0.1) is 11.1 Å². The van der Waals surface area contributed by atoms with Gasteiger partial charge in [-0.05, 0) is 76.7 Å². The molecule has 4 nitrogen and oxygen atoms in total. The van der Waals surface area contributed by atoms with Crippen molar-refractivity contribution in [2.45, 2.75) is 143 Å². The van der Waals surface area contributed by atoms with Gasteiger partial charge in [-0.2, -0.15) is 0 Å². The zero-order valence-corrected chi connectivity index (χ0v) is 25.1. The zero-order chi connectivity index (χ0) is 27.8. The fourth-order valence-electron chi connectivity index (χ4n) is 5.20. The number of rotatable bonds is 19. The van der Waals surface area contributed by atoms with Crippen LogP contribution in [0.25, 0.3) is 6.08 Å². The number of phenolic OH excluding ortho intramolecular Hbond substituents is 1. The molecule has 0 radical (unpaired) electrons. The molecule has 0 aliphatic carbocycles. The lowest BCUT2D eigenvalue weighted by molar-refractivity contribution is 0.0948. The molecule has 0 bridgehead atoms. The number of carbonyl (C=O) groups excluding carboxylic acids is 1. The average Bonchev–Trinajstić information content (AvgIpc) is 2.87. The van der Waals surface area contributed by atoms with Gasteiger partial charge in [-0.1, -0.05) is 96.1 Å². The molecule has 0 saturated carbocycles. The summed E-state index contributed by atoms with van der Waals surface area (Å²) in [6.07, 6.45) is 24.6. The van der Waals surface area contributed by atoms with Crippen LogP contribution < -0.4 is 10.1 Å². The van der Waals surface area contributed by atoms with Crippen molar-refractivity contribution in [1.82, 2.24) is 5.32 Å². The zero-order valence-electron chi connectivity index (χ0n) is 25.1. The van der Waals surface area contributed by atoms with E-state index in [2.05, 4.69) is 46.0 Å². The molecule has 2 rings (SSSR count). The Morgan fingerprint density at radius 3 is 2.18 bits per heavy atom. The van der Waals surface area contributed by atoms with E-state index in [0.29, 0.717) is 23.4 Å². The van der Waals surface area contributed by atoms with Crippen molar-refractivity contribution in [2.75, 3.05) is 6.54 Å².